The largest absolute Gasteiger partial charge is 0.352 e. The molecular formula is C23H30N4O4S. The molecule has 2 aromatic carbocycles. The van der Waals surface area contributed by atoms with Gasteiger partial charge in [0, 0.05) is 25.2 Å². The highest BCUT2D eigenvalue weighted by Crippen LogP contribution is 2.14. The average Bonchev–Trinajstić information content (AvgIpc) is 2.75. The molecule has 1 heterocycles. The highest BCUT2D eigenvalue weighted by Gasteiger charge is 2.21. The molecule has 3 N–H and O–H groups in total. The average molecular weight is 459 g/mol. The standard InChI is InChI=1S/C23H30N4O4S/c1-17-11-14-27(15-12-17)25-23(29)26-32(30,31)21-8-6-19(7-9-21)10-13-24-22(28)20-5-3-4-18(2)16-20/h3-9,16-17H,10-15H2,1-2H3,(H,24,28)(H2,25,26,29). The topological polar surface area (TPSA) is 108 Å². The second-order valence-electron chi connectivity index (χ2n) is 8.24. The maximum absolute atomic E-state index is 12.5. The molecule has 0 saturated carbocycles. The van der Waals surface area contributed by atoms with Crippen molar-refractivity contribution in [3.63, 3.8) is 0 Å². The maximum atomic E-state index is 12.5. The number of nitrogens with one attached hydrogen (secondary N) is 3. The van der Waals surface area contributed by atoms with Crippen LogP contribution in [0.15, 0.2) is 53.4 Å². The summed E-state index contributed by atoms with van der Waals surface area (Å²) in [7, 11) is -3.97. The molecule has 3 amide bonds. The van der Waals surface area contributed by atoms with E-state index in [0.717, 1.165) is 24.0 Å². The van der Waals surface area contributed by atoms with Gasteiger partial charge in [-0.15, -0.1) is 0 Å². The summed E-state index contributed by atoms with van der Waals surface area (Å²) in [5.74, 6) is 0.459. The number of nitrogens with zero attached hydrogens (tertiary/aromatic N) is 1. The Bertz CT molecular complexity index is 1050. The summed E-state index contributed by atoms with van der Waals surface area (Å²) < 4.78 is 27.0. The van der Waals surface area contributed by atoms with E-state index in [9.17, 15) is 18.0 Å². The van der Waals surface area contributed by atoms with Crippen LogP contribution < -0.4 is 15.5 Å². The Morgan fingerprint density at radius 2 is 1.75 bits per heavy atom. The van der Waals surface area contributed by atoms with Gasteiger partial charge in [-0.3, -0.25) is 10.2 Å². The molecule has 0 radical (unpaired) electrons. The van der Waals surface area contributed by atoms with Crippen LogP contribution in [0.3, 0.4) is 0 Å². The van der Waals surface area contributed by atoms with Gasteiger partial charge < -0.3 is 5.32 Å². The molecule has 9 heteroatoms. The first kappa shape index (κ1) is 23.7. The lowest BCUT2D eigenvalue weighted by molar-refractivity contribution is 0.0954. The maximum Gasteiger partial charge on any atom is 0.343 e. The van der Waals surface area contributed by atoms with Gasteiger partial charge in [-0.05, 0) is 61.9 Å². The van der Waals surface area contributed by atoms with Crippen LogP contribution in [-0.2, 0) is 16.4 Å². The van der Waals surface area contributed by atoms with Gasteiger partial charge in [0.25, 0.3) is 15.9 Å². The predicted molar refractivity (Wildman–Crippen MR) is 122 cm³/mol. The van der Waals surface area contributed by atoms with E-state index in [1.54, 1.807) is 23.2 Å². The second-order valence-corrected chi connectivity index (χ2v) is 9.92. The molecule has 0 atom stereocenters. The molecule has 2 aromatic rings. The van der Waals surface area contributed by atoms with E-state index < -0.39 is 16.1 Å². The highest BCUT2D eigenvalue weighted by molar-refractivity contribution is 7.90. The number of aryl methyl sites for hydroxylation is 1. The fourth-order valence-corrected chi connectivity index (χ4v) is 4.41. The lowest BCUT2D eigenvalue weighted by Gasteiger charge is -2.30. The molecule has 1 fully saturated rings. The van der Waals surface area contributed by atoms with Gasteiger partial charge in [0.15, 0.2) is 0 Å². The van der Waals surface area contributed by atoms with E-state index in [2.05, 4.69) is 22.4 Å². The molecule has 3 rings (SSSR count). The Labute approximate surface area is 189 Å². The van der Waals surface area contributed by atoms with Crippen molar-refractivity contribution in [3.8, 4) is 0 Å². The number of urea groups is 1. The van der Waals surface area contributed by atoms with Crippen molar-refractivity contribution in [1.82, 2.24) is 20.5 Å². The molecule has 1 aliphatic rings. The molecule has 0 bridgehead atoms. The van der Waals surface area contributed by atoms with Crippen molar-refractivity contribution < 1.29 is 18.0 Å². The Hall–Kier alpha value is -2.91. The van der Waals surface area contributed by atoms with Crippen molar-refractivity contribution >= 4 is 22.0 Å². The first-order chi connectivity index (χ1) is 15.2. The van der Waals surface area contributed by atoms with E-state index in [0.29, 0.717) is 37.5 Å². The number of amides is 3. The van der Waals surface area contributed by atoms with Gasteiger partial charge in [0.1, 0.15) is 0 Å². The van der Waals surface area contributed by atoms with Crippen LogP contribution in [0.4, 0.5) is 4.79 Å². The third-order valence-corrected chi connectivity index (χ3v) is 6.83. The second kappa shape index (κ2) is 10.6. The van der Waals surface area contributed by atoms with Crippen LogP contribution in [0.1, 0.15) is 41.3 Å². The summed E-state index contributed by atoms with van der Waals surface area (Å²) in [5.41, 5.74) is 5.09. The Morgan fingerprint density at radius 1 is 1.06 bits per heavy atom. The summed E-state index contributed by atoms with van der Waals surface area (Å²) in [6, 6.07) is 12.9. The van der Waals surface area contributed by atoms with E-state index >= 15 is 0 Å². The predicted octanol–water partition coefficient (Wildman–Crippen LogP) is 2.60. The van der Waals surface area contributed by atoms with Crippen LogP contribution in [-0.4, -0.2) is 45.0 Å². The van der Waals surface area contributed by atoms with E-state index in [-0.39, 0.29) is 10.8 Å². The van der Waals surface area contributed by atoms with Gasteiger partial charge in [-0.1, -0.05) is 36.8 Å². The van der Waals surface area contributed by atoms with E-state index in [4.69, 9.17) is 0 Å². The smallest absolute Gasteiger partial charge is 0.343 e. The van der Waals surface area contributed by atoms with Gasteiger partial charge in [-0.25, -0.2) is 22.9 Å². The Kier molecular flexibility index (Phi) is 7.87. The van der Waals surface area contributed by atoms with Gasteiger partial charge in [0.05, 0.1) is 4.90 Å². The van der Waals surface area contributed by atoms with Crippen LogP contribution in [0.2, 0.25) is 0 Å². The van der Waals surface area contributed by atoms with Crippen molar-refractivity contribution in [2.24, 2.45) is 5.92 Å². The van der Waals surface area contributed by atoms with Crippen molar-refractivity contribution in [3.05, 3.63) is 65.2 Å². The summed E-state index contributed by atoms with van der Waals surface area (Å²) >= 11 is 0. The highest BCUT2D eigenvalue weighted by atomic mass is 32.2. The Morgan fingerprint density at radius 3 is 2.41 bits per heavy atom. The third kappa shape index (κ3) is 6.80. The number of carbonyl (C=O) groups is 2. The fourth-order valence-electron chi connectivity index (χ4n) is 3.51. The Balaban J connectivity index is 1.48. The minimum Gasteiger partial charge on any atom is -0.352 e. The fraction of sp³-hybridized carbons (Fsp3) is 0.391. The van der Waals surface area contributed by atoms with Crippen molar-refractivity contribution in [2.45, 2.75) is 38.0 Å². The third-order valence-electron chi connectivity index (χ3n) is 5.48. The summed E-state index contributed by atoms with van der Waals surface area (Å²) in [6.45, 7) is 5.91. The number of hydrazine groups is 1. The van der Waals surface area contributed by atoms with Gasteiger partial charge in [-0.2, -0.15) is 0 Å². The molecule has 8 nitrogen and oxygen atoms in total. The molecule has 1 saturated heterocycles. The zero-order chi connectivity index (χ0) is 23.1. The quantitative estimate of drug-likeness (QED) is 0.591. The lowest BCUT2D eigenvalue weighted by atomic mass is 10.0. The molecule has 1 aliphatic heterocycles. The number of piperidine rings is 1. The van der Waals surface area contributed by atoms with Crippen LogP contribution in [0.5, 0.6) is 0 Å². The molecule has 0 unspecified atom stereocenters. The van der Waals surface area contributed by atoms with Crippen molar-refractivity contribution in [1.29, 1.82) is 0 Å². The normalized spacial score (nSPS) is 15.2. The summed E-state index contributed by atoms with van der Waals surface area (Å²) in [5, 5.41) is 4.60. The van der Waals surface area contributed by atoms with Crippen LogP contribution in [0.25, 0.3) is 0 Å². The number of benzene rings is 2. The van der Waals surface area contributed by atoms with E-state index in [1.165, 1.54) is 12.1 Å². The minimum absolute atomic E-state index is 0.00691. The summed E-state index contributed by atoms with van der Waals surface area (Å²) in [6.07, 6.45) is 2.47. The first-order valence-corrected chi connectivity index (χ1v) is 12.2. The zero-order valence-electron chi connectivity index (χ0n) is 18.4. The summed E-state index contributed by atoms with van der Waals surface area (Å²) in [4.78, 5) is 24.3. The molecule has 32 heavy (non-hydrogen) atoms. The number of hydrogen-bond acceptors (Lipinski definition) is 5. The van der Waals surface area contributed by atoms with Crippen LogP contribution >= 0.6 is 0 Å². The zero-order valence-corrected chi connectivity index (χ0v) is 19.2. The molecule has 0 spiro atoms. The number of hydrogen-bond donors (Lipinski definition) is 3. The molecule has 0 aromatic heterocycles. The van der Waals surface area contributed by atoms with Crippen LogP contribution in [0, 0.1) is 12.8 Å². The van der Waals surface area contributed by atoms with Gasteiger partial charge in [0.2, 0.25) is 0 Å². The van der Waals surface area contributed by atoms with Crippen molar-refractivity contribution in [2.75, 3.05) is 19.6 Å². The number of carbonyl (C=O) groups excluding carboxylic acids is 2. The van der Waals surface area contributed by atoms with E-state index in [1.807, 2.05) is 25.1 Å². The lowest BCUT2D eigenvalue weighted by Crippen LogP contribution is -2.51. The monoisotopic (exact) mass is 458 g/mol. The SMILES string of the molecule is Cc1cccc(C(=O)NCCc2ccc(S(=O)(=O)NC(=O)NN3CCC(C)CC3)cc2)c1. The number of rotatable bonds is 7. The molecular weight excluding hydrogens is 428 g/mol. The number of sulfonamides is 1. The molecule has 0 aliphatic carbocycles. The minimum atomic E-state index is -3.97. The molecule has 172 valence electrons. The first-order valence-electron chi connectivity index (χ1n) is 10.7. The van der Waals surface area contributed by atoms with Gasteiger partial charge >= 0.3 is 6.03 Å².